The molecule has 118 valence electrons. The predicted octanol–water partition coefficient (Wildman–Crippen LogP) is 2.61. The van der Waals surface area contributed by atoms with Crippen LogP contribution in [0.4, 0.5) is 13.2 Å². The molecule has 1 aromatic carbocycles. The van der Waals surface area contributed by atoms with E-state index >= 15 is 0 Å². The van der Waals surface area contributed by atoms with Crippen molar-refractivity contribution in [1.82, 2.24) is 0 Å². The summed E-state index contributed by atoms with van der Waals surface area (Å²) in [6.07, 6.45) is -5.60. The Hall–Kier alpha value is -1.37. The maximum absolute atomic E-state index is 12.6. The lowest BCUT2D eigenvalue weighted by Crippen LogP contribution is -2.40. The zero-order chi connectivity index (χ0) is 16.5. The molecule has 5 nitrogen and oxygen atoms in total. The summed E-state index contributed by atoms with van der Waals surface area (Å²) in [5.41, 5.74) is -2.61. The Balaban J connectivity index is 2.94. The minimum Gasteiger partial charge on any atom is -0.480 e. The smallest absolute Gasteiger partial charge is 0.416 e. The Morgan fingerprint density at radius 3 is 2.33 bits per heavy atom. The van der Waals surface area contributed by atoms with Gasteiger partial charge in [-0.05, 0) is 32.0 Å². The average Bonchev–Trinajstić information content (AvgIpc) is 2.25. The van der Waals surface area contributed by atoms with E-state index in [-0.39, 0.29) is 5.75 Å². The number of hydrogen-bond acceptors (Lipinski definition) is 3. The Kier molecular flexibility index (Phi) is 4.87. The molecule has 0 aliphatic carbocycles. The van der Waals surface area contributed by atoms with E-state index in [4.69, 9.17) is 14.5 Å². The molecule has 21 heavy (non-hydrogen) atoms. The fourth-order valence-electron chi connectivity index (χ4n) is 1.46. The van der Waals surface area contributed by atoms with Crippen LogP contribution in [-0.2, 0) is 15.5 Å². The number of Topliss-reactive ketones (excluding diaryl/α,β-unsaturated/α-hetero) is 1. The largest absolute Gasteiger partial charge is 0.480 e. The minimum absolute atomic E-state index is 0.214. The molecule has 0 saturated heterocycles. The van der Waals surface area contributed by atoms with Gasteiger partial charge in [0.1, 0.15) is 11.9 Å². The summed E-state index contributed by atoms with van der Waals surface area (Å²) < 4.78 is 53.6. The Labute approximate surface area is 118 Å². The van der Waals surface area contributed by atoms with E-state index in [2.05, 4.69) is 0 Å². The first-order valence-corrected chi connectivity index (χ1v) is 7.55. The van der Waals surface area contributed by atoms with Gasteiger partial charge in [0.05, 0.1) is 5.56 Å². The second-order valence-corrected chi connectivity index (χ2v) is 6.53. The van der Waals surface area contributed by atoms with Crippen molar-refractivity contribution in [2.45, 2.75) is 25.6 Å². The number of benzene rings is 1. The molecule has 0 saturated carbocycles. The molecule has 1 rings (SSSR count). The number of carbonyl (C=O) groups is 1. The molecule has 2 N–H and O–H groups in total. The predicted molar refractivity (Wildman–Crippen MR) is 68.1 cm³/mol. The number of ketones is 1. The normalized spacial score (nSPS) is 13.1. The Morgan fingerprint density at radius 1 is 1.29 bits per heavy atom. The van der Waals surface area contributed by atoms with Gasteiger partial charge in [0.2, 0.25) is 0 Å². The molecule has 9 heteroatoms. The summed E-state index contributed by atoms with van der Waals surface area (Å²) in [6.45, 7) is 2.45. The summed E-state index contributed by atoms with van der Waals surface area (Å²) in [5, 5.41) is 0. The van der Waals surface area contributed by atoms with Crippen LogP contribution in [0.25, 0.3) is 0 Å². The Bertz CT molecular complexity index is 577. The molecule has 0 amide bonds. The van der Waals surface area contributed by atoms with Gasteiger partial charge in [0, 0.05) is 0 Å². The van der Waals surface area contributed by atoms with Crippen molar-refractivity contribution in [3.8, 4) is 5.75 Å². The molecule has 0 radical (unpaired) electrons. The van der Waals surface area contributed by atoms with Crippen LogP contribution < -0.4 is 4.74 Å². The number of ether oxygens (including phenoxy) is 1. The lowest BCUT2D eigenvalue weighted by Gasteiger charge is -2.25. The summed E-state index contributed by atoms with van der Waals surface area (Å²) in [5.74, 6) is -1.12. The van der Waals surface area contributed by atoms with Crippen molar-refractivity contribution in [3.05, 3.63) is 29.8 Å². The molecule has 0 fully saturated rings. The van der Waals surface area contributed by atoms with Gasteiger partial charge < -0.3 is 14.5 Å². The third-order valence-corrected chi connectivity index (χ3v) is 3.25. The number of carbonyl (C=O) groups excluding carboxylic acids is 1. The topological polar surface area (TPSA) is 83.8 Å². The van der Waals surface area contributed by atoms with Crippen LogP contribution >= 0.6 is 7.60 Å². The third-order valence-electron chi connectivity index (χ3n) is 2.56. The van der Waals surface area contributed by atoms with Gasteiger partial charge in [0.15, 0.2) is 11.4 Å². The van der Waals surface area contributed by atoms with Gasteiger partial charge in [0.25, 0.3) is 0 Å². The fraction of sp³-hybridized carbons (Fsp3) is 0.417. The molecule has 0 heterocycles. The molecule has 0 atom stereocenters. The van der Waals surface area contributed by atoms with E-state index in [1.54, 1.807) is 0 Å². The SMILES string of the molecule is CC(C)(Oc1cccc(C(F)(F)F)c1)C(=O)CP(=O)(O)O. The van der Waals surface area contributed by atoms with E-state index in [0.717, 1.165) is 12.1 Å². The zero-order valence-electron chi connectivity index (χ0n) is 11.2. The van der Waals surface area contributed by atoms with E-state index < -0.39 is 36.9 Å². The molecular weight excluding hydrogens is 312 g/mol. The summed E-state index contributed by atoms with van der Waals surface area (Å²) in [6, 6.07) is 3.90. The van der Waals surface area contributed by atoms with Crippen LogP contribution in [0, 0.1) is 0 Å². The van der Waals surface area contributed by atoms with Crippen LogP contribution in [0.1, 0.15) is 19.4 Å². The molecule has 0 aliphatic rings. The number of hydrogen-bond donors (Lipinski definition) is 2. The molecular formula is C12H14F3O5P. The van der Waals surface area contributed by atoms with E-state index in [1.807, 2.05) is 0 Å². The highest BCUT2D eigenvalue weighted by Crippen LogP contribution is 2.37. The molecule has 0 bridgehead atoms. The molecule has 1 aromatic rings. The van der Waals surface area contributed by atoms with E-state index in [1.165, 1.54) is 19.9 Å². The number of alkyl halides is 3. The lowest BCUT2D eigenvalue weighted by molar-refractivity contribution is -0.137. The average molecular weight is 326 g/mol. The van der Waals surface area contributed by atoms with Gasteiger partial charge >= 0.3 is 13.8 Å². The first-order valence-electron chi connectivity index (χ1n) is 5.75. The van der Waals surface area contributed by atoms with Crippen LogP contribution in [0.3, 0.4) is 0 Å². The van der Waals surface area contributed by atoms with Crippen molar-refractivity contribution in [3.63, 3.8) is 0 Å². The lowest BCUT2D eigenvalue weighted by atomic mass is 10.0. The second-order valence-electron chi connectivity index (χ2n) is 4.88. The van der Waals surface area contributed by atoms with Crippen LogP contribution in [-0.4, -0.2) is 27.3 Å². The third kappa shape index (κ3) is 5.49. The van der Waals surface area contributed by atoms with Crippen LogP contribution in [0.5, 0.6) is 5.75 Å². The van der Waals surface area contributed by atoms with Gasteiger partial charge in [-0.3, -0.25) is 9.36 Å². The minimum atomic E-state index is -4.57. The quantitative estimate of drug-likeness (QED) is 0.813. The van der Waals surface area contributed by atoms with E-state index in [0.29, 0.717) is 6.07 Å². The van der Waals surface area contributed by atoms with Crippen LogP contribution in [0.2, 0.25) is 0 Å². The first kappa shape index (κ1) is 17.7. The first-order chi connectivity index (χ1) is 9.31. The highest BCUT2D eigenvalue weighted by Gasteiger charge is 2.35. The Morgan fingerprint density at radius 2 is 1.86 bits per heavy atom. The maximum atomic E-state index is 12.6. The molecule has 0 aromatic heterocycles. The molecule has 0 aliphatic heterocycles. The number of rotatable bonds is 5. The van der Waals surface area contributed by atoms with Crippen molar-refractivity contribution in [1.29, 1.82) is 0 Å². The second kappa shape index (κ2) is 5.79. The zero-order valence-corrected chi connectivity index (χ0v) is 12.1. The maximum Gasteiger partial charge on any atom is 0.416 e. The molecule has 0 unspecified atom stereocenters. The van der Waals surface area contributed by atoms with Gasteiger partial charge in [-0.25, -0.2) is 0 Å². The monoisotopic (exact) mass is 326 g/mol. The highest BCUT2D eigenvalue weighted by molar-refractivity contribution is 7.52. The van der Waals surface area contributed by atoms with Crippen molar-refractivity contribution >= 4 is 13.4 Å². The van der Waals surface area contributed by atoms with E-state index in [9.17, 15) is 22.5 Å². The fourth-order valence-corrected chi connectivity index (χ4v) is 2.22. The van der Waals surface area contributed by atoms with Crippen molar-refractivity contribution in [2.24, 2.45) is 0 Å². The summed E-state index contributed by atoms with van der Waals surface area (Å²) in [4.78, 5) is 29.2. The standard InChI is InChI=1S/C12H14F3O5P/c1-11(2,10(16)7-21(17,18)19)20-9-5-3-4-8(6-9)12(13,14)15/h3-6H,7H2,1-2H3,(H2,17,18,19). The van der Waals surface area contributed by atoms with Crippen molar-refractivity contribution in [2.75, 3.05) is 6.16 Å². The number of halogens is 3. The molecule has 0 spiro atoms. The van der Waals surface area contributed by atoms with Gasteiger partial charge in [-0.2, -0.15) is 13.2 Å². The van der Waals surface area contributed by atoms with Crippen molar-refractivity contribution < 1.29 is 37.1 Å². The summed E-state index contributed by atoms with van der Waals surface area (Å²) >= 11 is 0. The summed E-state index contributed by atoms with van der Waals surface area (Å²) in [7, 11) is -4.57. The van der Waals surface area contributed by atoms with Gasteiger partial charge in [-0.1, -0.05) is 6.07 Å². The van der Waals surface area contributed by atoms with Gasteiger partial charge in [-0.15, -0.1) is 0 Å². The highest BCUT2D eigenvalue weighted by atomic mass is 31.2. The van der Waals surface area contributed by atoms with Crippen LogP contribution in [0.15, 0.2) is 24.3 Å².